The van der Waals surface area contributed by atoms with Crippen molar-refractivity contribution in [2.75, 3.05) is 6.61 Å². The van der Waals surface area contributed by atoms with Crippen molar-refractivity contribution in [1.29, 1.82) is 0 Å². The summed E-state index contributed by atoms with van der Waals surface area (Å²) in [5, 5.41) is 7.83. The Hall–Kier alpha value is -1.55. The Kier molecular flexibility index (Phi) is 2.29. The van der Waals surface area contributed by atoms with Crippen LogP contribution in [0.25, 0.3) is 0 Å². The largest absolute Gasteiger partial charge is 0.492 e. The summed E-state index contributed by atoms with van der Waals surface area (Å²) < 4.78 is 11.0. The Bertz CT molecular complexity index is 512. The van der Waals surface area contributed by atoms with Gasteiger partial charge in [0.15, 0.2) is 0 Å². The van der Waals surface area contributed by atoms with Gasteiger partial charge in [0.1, 0.15) is 18.2 Å². The lowest BCUT2D eigenvalue weighted by atomic mass is 10.0. The van der Waals surface area contributed by atoms with Gasteiger partial charge < -0.3 is 9.15 Å². The van der Waals surface area contributed by atoms with Gasteiger partial charge in [0, 0.05) is 5.56 Å². The minimum Gasteiger partial charge on any atom is -0.492 e. The molecule has 0 saturated carbocycles. The molecule has 1 atom stereocenters. The van der Waals surface area contributed by atoms with Crippen molar-refractivity contribution in [2.24, 2.45) is 0 Å². The number of fused-ring (bicyclic) bond motifs is 1. The number of benzene rings is 1. The first-order chi connectivity index (χ1) is 7.88. The number of hydrogen-bond donors (Lipinski definition) is 0. The fraction of sp³-hybridized carbons (Fsp3) is 0.273. The molecule has 1 aromatic heterocycles. The second-order valence-electron chi connectivity index (χ2n) is 3.57. The predicted molar refractivity (Wildman–Crippen MR) is 57.6 cm³/mol. The van der Waals surface area contributed by atoms with E-state index < -0.39 is 0 Å². The number of nitrogens with zero attached hydrogens (tertiary/aromatic N) is 2. The van der Waals surface area contributed by atoms with Gasteiger partial charge >= 0.3 is 0 Å². The van der Waals surface area contributed by atoms with Crippen LogP contribution in [0.3, 0.4) is 0 Å². The molecule has 0 spiro atoms. The standard InChI is InChI=1S/C11H9ClN2O2/c12-5-10-13-14-11(16-10)8-6-15-9-4-2-1-3-7(8)9/h1-4,8H,5-6H2. The third kappa shape index (κ3) is 1.46. The third-order valence-corrected chi connectivity index (χ3v) is 2.82. The van der Waals surface area contributed by atoms with Crippen LogP contribution in [-0.4, -0.2) is 16.8 Å². The summed E-state index contributed by atoms with van der Waals surface area (Å²) in [5.41, 5.74) is 1.09. The van der Waals surface area contributed by atoms with Crippen LogP contribution >= 0.6 is 11.6 Å². The molecule has 2 heterocycles. The normalized spacial score (nSPS) is 18.2. The van der Waals surface area contributed by atoms with E-state index in [1.54, 1.807) is 0 Å². The van der Waals surface area contributed by atoms with Crippen molar-refractivity contribution >= 4 is 11.6 Å². The number of rotatable bonds is 2. The minimum atomic E-state index is 0.0284. The first-order valence-electron chi connectivity index (χ1n) is 4.98. The van der Waals surface area contributed by atoms with Gasteiger partial charge in [0.05, 0.1) is 5.92 Å². The molecule has 16 heavy (non-hydrogen) atoms. The minimum absolute atomic E-state index is 0.0284. The summed E-state index contributed by atoms with van der Waals surface area (Å²) >= 11 is 5.62. The SMILES string of the molecule is ClCc1nnc(C2COc3ccccc32)o1. The number of aromatic nitrogens is 2. The van der Waals surface area contributed by atoms with E-state index in [4.69, 9.17) is 20.8 Å². The summed E-state index contributed by atoms with van der Waals surface area (Å²) in [6.07, 6.45) is 0. The molecule has 1 aliphatic rings. The van der Waals surface area contributed by atoms with Gasteiger partial charge in [-0.3, -0.25) is 0 Å². The van der Waals surface area contributed by atoms with Crippen molar-refractivity contribution in [3.63, 3.8) is 0 Å². The molecule has 0 saturated heterocycles. The molecule has 0 radical (unpaired) electrons. The zero-order valence-corrected chi connectivity index (χ0v) is 9.15. The highest BCUT2D eigenvalue weighted by atomic mass is 35.5. The number of para-hydroxylation sites is 1. The maximum absolute atomic E-state index is 5.62. The van der Waals surface area contributed by atoms with E-state index in [0.717, 1.165) is 11.3 Å². The van der Waals surface area contributed by atoms with Crippen LogP contribution in [-0.2, 0) is 5.88 Å². The van der Waals surface area contributed by atoms with E-state index in [9.17, 15) is 0 Å². The molecular formula is C11H9ClN2O2. The van der Waals surface area contributed by atoms with Crippen LogP contribution in [0.4, 0.5) is 0 Å². The van der Waals surface area contributed by atoms with Crippen LogP contribution in [0.2, 0.25) is 0 Å². The summed E-state index contributed by atoms with van der Waals surface area (Å²) in [4.78, 5) is 0. The lowest BCUT2D eigenvalue weighted by Gasteiger charge is -2.01. The molecule has 0 amide bonds. The lowest BCUT2D eigenvalue weighted by molar-refractivity contribution is 0.322. The molecule has 0 fully saturated rings. The highest BCUT2D eigenvalue weighted by Crippen LogP contribution is 2.37. The number of alkyl halides is 1. The smallest absolute Gasteiger partial charge is 0.231 e. The van der Waals surface area contributed by atoms with E-state index in [2.05, 4.69) is 10.2 Å². The van der Waals surface area contributed by atoms with E-state index in [0.29, 0.717) is 18.4 Å². The molecule has 82 valence electrons. The van der Waals surface area contributed by atoms with E-state index in [1.807, 2.05) is 24.3 Å². The molecule has 3 rings (SSSR count). The van der Waals surface area contributed by atoms with Crippen LogP contribution in [0.1, 0.15) is 23.3 Å². The van der Waals surface area contributed by atoms with Crippen molar-refractivity contribution in [2.45, 2.75) is 11.8 Å². The van der Waals surface area contributed by atoms with Gasteiger partial charge in [0.25, 0.3) is 0 Å². The number of ether oxygens (including phenoxy) is 1. The van der Waals surface area contributed by atoms with Gasteiger partial charge in [0.2, 0.25) is 11.8 Å². The van der Waals surface area contributed by atoms with Gasteiger partial charge in [-0.15, -0.1) is 21.8 Å². The molecular weight excluding hydrogens is 228 g/mol. The average molecular weight is 237 g/mol. The molecule has 4 nitrogen and oxygen atoms in total. The highest BCUT2D eigenvalue weighted by Gasteiger charge is 2.29. The first-order valence-corrected chi connectivity index (χ1v) is 5.52. The Morgan fingerprint density at radius 1 is 1.31 bits per heavy atom. The molecule has 1 aliphatic heterocycles. The van der Waals surface area contributed by atoms with Crippen molar-refractivity contribution in [1.82, 2.24) is 10.2 Å². The predicted octanol–water partition coefficient (Wildman–Crippen LogP) is 2.33. The van der Waals surface area contributed by atoms with Crippen molar-refractivity contribution in [3.05, 3.63) is 41.6 Å². The number of halogens is 1. The average Bonchev–Trinajstić information content (AvgIpc) is 2.94. The third-order valence-electron chi connectivity index (χ3n) is 2.59. The lowest BCUT2D eigenvalue weighted by Crippen LogP contribution is -2.02. The second-order valence-corrected chi connectivity index (χ2v) is 3.84. The summed E-state index contributed by atoms with van der Waals surface area (Å²) in [6, 6.07) is 7.87. The Labute approximate surface area is 97.2 Å². The highest BCUT2D eigenvalue weighted by molar-refractivity contribution is 6.16. The molecule has 1 aromatic carbocycles. The van der Waals surface area contributed by atoms with Crippen LogP contribution < -0.4 is 4.74 Å². The fourth-order valence-corrected chi connectivity index (χ4v) is 1.94. The first kappa shape index (κ1) is 9.66. The maximum atomic E-state index is 5.62. The fourth-order valence-electron chi connectivity index (χ4n) is 1.83. The molecule has 1 unspecified atom stereocenters. The topological polar surface area (TPSA) is 48.2 Å². The van der Waals surface area contributed by atoms with Gasteiger partial charge in [-0.1, -0.05) is 18.2 Å². The quantitative estimate of drug-likeness (QED) is 0.751. The molecule has 0 N–H and O–H groups in total. The van der Waals surface area contributed by atoms with Crippen LogP contribution in [0, 0.1) is 0 Å². The molecule has 5 heteroatoms. The zero-order chi connectivity index (χ0) is 11.0. The van der Waals surface area contributed by atoms with E-state index in [-0.39, 0.29) is 11.8 Å². The second kappa shape index (κ2) is 3.79. The van der Waals surface area contributed by atoms with E-state index in [1.165, 1.54) is 0 Å². The summed E-state index contributed by atoms with van der Waals surface area (Å²) in [5.74, 6) is 2.17. The van der Waals surface area contributed by atoms with Gasteiger partial charge in [-0.05, 0) is 6.07 Å². The van der Waals surface area contributed by atoms with E-state index >= 15 is 0 Å². The molecule has 0 bridgehead atoms. The number of hydrogen-bond acceptors (Lipinski definition) is 4. The zero-order valence-electron chi connectivity index (χ0n) is 8.39. The van der Waals surface area contributed by atoms with Crippen molar-refractivity contribution in [3.8, 4) is 5.75 Å². The van der Waals surface area contributed by atoms with Gasteiger partial charge in [-0.25, -0.2) is 0 Å². The summed E-state index contributed by atoms with van der Waals surface area (Å²) in [7, 11) is 0. The molecule has 2 aromatic rings. The maximum Gasteiger partial charge on any atom is 0.231 e. The molecule has 0 aliphatic carbocycles. The van der Waals surface area contributed by atoms with Gasteiger partial charge in [-0.2, -0.15) is 0 Å². The summed E-state index contributed by atoms with van der Waals surface area (Å²) in [6.45, 7) is 0.545. The Balaban J connectivity index is 1.98. The Morgan fingerprint density at radius 2 is 2.19 bits per heavy atom. The Morgan fingerprint density at radius 3 is 3.00 bits per heavy atom. The monoisotopic (exact) mass is 236 g/mol. The van der Waals surface area contributed by atoms with Crippen LogP contribution in [0.15, 0.2) is 28.7 Å². The van der Waals surface area contributed by atoms with Crippen molar-refractivity contribution < 1.29 is 9.15 Å². The van der Waals surface area contributed by atoms with Crippen LogP contribution in [0.5, 0.6) is 5.75 Å².